The Labute approximate surface area is 250 Å². The minimum atomic E-state index is -0.794. The third kappa shape index (κ3) is 5.03. The number of amides is 1. The Morgan fingerprint density at radius 2 is 1.95 bits per heavy atom. The predicted molar refractivity (Wildman–Crippen MR) is 158 cm³/mol. The van der Waals surface area contributed by atoms with Crippen molar-refractivity contribution >= 4 is 49.4 Å². The lowest BCUT2D eigenvalue weighted by Crippen LogP contribution is -2.34. The van der Waals surface area contributed by atoms with E-state index in [9.17, 15) is 10.1 Å². The van der Waals surface area contributed by atoms with Crippen molar-refractivity contribution in [3.63, 3.8) is 0 Å². The van der Waals surface area contributed by atoms with Gasteiger partial charge >= 0.3 is 6.09 Å². The summed E-state index contributed by atoms with van der Waals surface area (Å²) in [5, 5.41) is 17.1. The molecule has 0 bridgehead atoms. The first-order valence-corrected chi connectivity index (χ1v) is 15.0. The maximum Gasteiger partial charge on any atom is 0.412 e. The number of carbonyl (C=O) groups excluding carboxylic acids is 1. The molecule has 7 rings (SSSR count). The number of anilines is 2. The Hall–Kier alpha value is -3.99. The second kappa shape index (κ2) is 10.3. The molecule has 4 aromatic rings. The molecule has 10 nitrogen and oxygen atoms in total. The molecule has 2 fully saturated rings. The largest absolute Gasteiger partial charge is 0.444 e. The van der Waals surface area contributed by atoms with Crippen molar-refractivity contribution in [3.8, 4) is 17.3 Å². The number of carbonyl (C=O) groups is 1. The molecule has 0 radical (unpaired) electrons. The maximum absolute atomic E-state index is 16.7. The number of hydrogen-bond donors (Lipinski definition) is 2. The molecule has 0 spiro atoms. The van der Waals surface area contributed by atoms with Crippen LogP contribution in [0.5, 0.6) is 0 Å². The van der Waals surface area contributed by atoms with Gasteiger partial charge in [0.25, 0.3) is 0 Å². The van der Waals surface area contributed by atoms with E-state index in [-0.39, 0.29) is 50.6 Å². The Morgan fingerprint density at radius 3 is 2.70 bits per heavy atom. The van der Waals surface area contributed by atoms with Gasteiger partial charge in [0.1, 0.15) is 22.2 Å². The highest BCUT2D eigenvalue weighted by atomic mass is 32.1. The van der Waals surface area contributed by atoms with Gasteiger partial charge in [-0.3, -0.25) is 10.3 Å². The third-order valence-corrected chi connectivity index (χ3v) is 8.95. The van der Waals surface area contributed by atoms with E-state index in [2.05, 4.69) is 36.6 Å². The molecule has 3 aliphatic rings. The van der Waals surface area contributed by atoms with E-state index in [1.165, 1.54) is 12.8 Å². The molecule has 1 saturated heterocycles. The fourth-order valence-electron chi connectivity index (χ4n) is 5.82. The molecule has 2 aliphatic heterocycles. The van der Waals surface area contributed by atoms with E-state index in [0.717, 1.165) is 42.6 Å². The van der Waals surface area contributed by atoms with Crippen LogP contribution in [0, 0.1) is 23.0 Å². The maximum atomic E-state index is 16.7. The first-order valence-electron chi connectivity index (χ1n) is 14.2. The molecule has 1 aliphatic carbocycles. The number of rotatable bonds is 5. The number of nitrogens with one attached hydrogen (secondary N) is 2. The summed E-state index contributed by atoms with van der Waals surface area (Å²) in [5.41, 5.74) is 0.754. The topological polar surface area (TPSA) is 125 Å². The molecule has 1 atom stereocenters. The van der Waals surface area contributed by atoms with E-state index < -0.39 is 23.3 Å². The van der Waals surface area contributed by atoms with Crippen molar-refractivity contribution in [1.82, 2.24) is 20.3 Å². The number of benzene rings is 1. The monoisotopic (exact) mass is 605 g/mol. The lowest BCUT2D eigenvalue weighted by Gasteiger charge is -2.19. The number of aromatic nitrogens is 3. The average molecular weight is 606 g/mol. The zero-order valence-corrected chi connectivity index (χ0v) is 24.7. The van der Waals surface area contributed by atoms with Crippen molar-refractivity contribution in [3.05, 3.63) is 40.7 Å². The van der Waals surface area contributed by atoms with Crippen LogP contribution in [0.2, 0.25) is 0 Å². The van der Waals surface area contributed by atoms with Gasteiger partial charge in [-0.2, -0.15) is 5.26 Å². The first-order chi connectivity index (χ1) is 20.6. The zero-order valence-electron chi connectivity index (χ0n) is 23.9. The van der Waals surface area contributed by atoms with Crippen LogP contribution in [0.3, 0.4) is 0 Å². The van der Waals surface area contributed by atoms with Gasteiger partial charge in [0.15, 0.2) is 11.6 Å². The Bertz CT molecular complexity index is 1840. The fourth-order valence-corrected chi connectivity index (χ4v) is 6.85. The molecule has 1 unspecified atom stereocenters. The van der Waals surface area contributed by atoms with Gasteiger partial charge in [0.2, 0.25) is 5.95 Å². The fraction of sp³-hybridized carbons (Fsp3) is 0.433. The minimum Gasteiger partial charge on any atom is -0.444 e. The van der Waals surface area contributed by atoms with E-state index in [1.54, 1.807) is 27.0 Å². The summed E-state index contributed by atoms with van der Waals surface area (Å²) in [4.78, 5) is 28.2. The average Bonchev–Trinajstić information content (AvgIpc) is 3.31. The number of hydrogen-bond acceptors (Lipinski definition) is 10. The van der Waals surface area contributed by atoms with E-state index in [4.69, 9.17) is 9.47 Å². The molecule has 2 N–H and O–H groups in total. The SMILES string of the molecule is CC(C)(C)OC(=O)Nc1sc2c(F)cnc(-c3c4c(c5cnc(N6CCC(NC7CC7)C6)nc5c3F)COC4)c2c1C#N. The van der Waals surface area contributed by atoms with Crippen molar-refractivity contribution in [2.45, 2.75) is 70.9 Å². The van der Waals surface area contributed by atoms with Crippen molar-refractivity contribution in [2.24, 2.45) is 0 Å². The van der Waals surface area contributed by atoms with Crippen LogP contribution >= 0.6 is 11.3 Å². The van der Waals surface area contributed by atoms with Gasteiger partial charge in [-0.1, -0.05) is 0 Å². The van der Waals surface area contributed by atoms with Gasteiger partial charge in [0, 0.05) is 47.7 Å². The molecule has 1 aromatic carbocycles. The van der Waals surface area contributed by atoms with Crippen molar-refractivity contribution in [1.29, 1.82) is 5.26 Å². The van der Waals surface area contributed by atoms with Crippen molar-refractivity contribution in [2.75, 3.05) is 23.3 Å². The summed E-state index contributed by atoms with van der Waals surface area (Å²) in [7, 11) is 0. The summed E-state index contributed by atoms with van der Waals surface area (Å²) in [6, 6.07) is 2.98. The van der Waals surface area contributed by atoms with Gasteiger partial charge in [-0.05, 0) is 51.2 Å². The van der Waals surface area contributed by atoms with Crippen molar-refractivity contribution < 1.29 is 23.0 Å². The molecule has 13 heteroatoms. The zero-order chi connectivity index (χ0) is 30.0. The minimum absolute atomic E-state index is 0.0327. The number of ether oxygens (including phenoxy) is 2. The number of pyridine rings is 1. The molecule has 5 heterocycles. The summed E-state index contributed by atoms with van der Waals surface area (Å²) in [6.07, 6.45) is 5.20. The van der Waals surface area contributed by atoms with Gasteiger partial charge in [-0.15, -0.1) is 11.3 Å². The van der Waals surface area contributed by atoms with Crippen LogP contribution in [0.15, 0.2) is 12.4 Å². The van der Waals surface area contributed by atoms with Gasteiger partial charge in [-0.25, -0.2) is 23.5 Å². The summed E-state index contributed by atoms with van der Waals surface area (Å²) in [6.45, 7) is 6.94. The van der Waals surface area contributed by atoms with Crippen LogP contribution in [-0.2, 0) is 22.7 Å². The number of thiophene rings is 1. The lowest BCUT2D eigenvalue weighted by molar-refractivity contribution is 0.0636. The second-order valence-electron chi connectivity index (χ2n) is 12.1. The molecule has 3 aromatic heterocycles. The summed E-state index contributed by atoms with van der Waals surface area (Å²) < 4.78 is 43.0. The summed E-state index contributed by atoms with van der Waals surface area (Å²) >= 11 is 0.868. The smallest absolute Gasteiger partial charge is 0.412 e. The van der Waals surface area contributed by atoms with E-state index in [1.807, 2.05) is 0 Å². The number of halogens is 2. The number of fused-ring (bicyclic) bond motifs is 4. The lowest BCUT2D eigenvalue weighted by atomic mass is 9.94. The Balaban J connectivity index is 1.36. The molecular weight excluding hydrogens is 576 g/mol. The van der Waals surface area contributed by atoms with Crippen LogP contribution in [0.25, 0.3) is 32.2 Å². The first kappa shape index (κ1) is 27.8. The van der Waals surface area contributed by atoms with Crippen LogP contribution in [0.1, 0.15) is 56.7 Å². The quantitative estimate of drug-likeness (QED) is 0.292. The molecule has 1 amide bonds. The summed E-state index contributed by atoms with van der Waals surface area (Å²) in [5.74, 6) is -0.905. The highest BCUT2D eigenvalue weighted by Crippen LogP contribution is 2.46. The normalized spacial score (nSPS) is 18.3. The van der Waals surface area contributed by atoms with Gasteiger partial charge < -0.3 is 19.7 Å². The molecule has 222 valence electrons. The highest BCUT2D eigenvalue weighted by molar-refractivity contribution is 7.23. The number of nitrogens with zero attached hydrogens (tertiary/aromatic N) is 5. The highest BCUT2D eigenvalue weighted by Gasteiger charge is 2.33. The van der Waals surface area contributed by atoms with Gasteiger partial charge in [0.05, 0.1) is 35.4 Å². The molecular formula is C30H29F2N7O3S. The van der Waals surface area contributed by atoms with E-state index in [0.29, 0.717) is 29.0 Å². The molecule has 1 saturated carbocycles. The standard InChI is InChI=1S/C30H29F2N7O3S/c1-30(2,3)42-29(40)38-27-16(8-33)22-25(34-10-20(31)26(22)43-27)21-19-13-41-12-18(19)17-9-35-28(37-24(17)23(21)32)39-7-6-15(11-39)36-14-4-5-14/h9-10,14-15,36H,4-7,11-13H2,1-3H3,(H,38,40). The Morgan fingerprint density at radius 1 is 1.16 bits per heavy atom. The second-order valence-corrected chi connectivity index (χ2v) is 13.2. The van der Waals surface area contributed by atoms with Crippen LogP contribution in [-0.4, -0.2) is 51.8 Å². The van der Waals surface area contributed by atoms with Crippen LogP contribution < -0.4 is 15.5 Å². The van der Waals surface area contributed by atoms with E-state index >= 15 is 8.78 Å². The van der Waals surface area contributed by atoms with Crippen LogP contribution in [0.4, 0.5) is 24.5 Å². The number of nitriles is 1. The molecule has 43 heavy (non-hydrogen) atoms. The predicted octanol–water partition coefficient (Wildman–Crippen LogP) is 5.76. The third-order valence-electron chi connectivity index (χ3n) is 7.84. The Kier molecular flexibility index (Phi) is 6.68.